The van der Waals surface area contributed by atoms with Crippen LogP contribution in [-0.2, 0) is 11.1 Å². The molecule has 124 valence electrons. The Balaban J connectivity index is 1.93. The Morgan fingerprint density at radius 3 is 2.87 bits per heavy atom. The van der Waals surface area contributed by atoms with Crippen LogP contribution in [0.15, 0.2) is 17.4 Å². The first-order chi connectivity index (χ1) is 10.9. The number of fused-ring (bicyclic) bond motifs is 1. The van der Waals surface area contributed by atoms with Crippen molar-refractivity contribution >= 4 is 18.8 Å². The topological polar surface area (TPSA) is 148 Å². The third kappa shape index (κ3) is 4.97. The zero-order valence-electron chi connectivity index (χ0n) is 12.3. The number of hydrogen-bond donors (Lipinski definition) is 3. The monoisotopic (exact) mass is 340 g/mol. The quantitative estimate of drug-likeness (QED) is 0.431. The number of hydrogen-bond acceptors (Lipinski definition) is 6. The molecule has 2 rings (SSSR count). The molecular formula is C12H17N6O4P. The molecule has 10 nitrogen and oxygen atoms in total. The van der Waals surface area contributed by atoms with Crippen LogP contribution in [0.25, 0.3) is 11.2 Å². The van der Waals surface area contributed by atoms with E-state index < -0.39 is 7.60 Å². The van der Waals surface area contributed by atoms with Gasteiger partial charge in [0.25, 0.3) is 5.56 Å². The van der Waals surface area contributed by atoms with Gasteiger partial charge in [0.05, 0.1) is 31.4 Å². The molecule has 0 unspecified atom stereocenters. The molecule has 0 aliphatic carbocycles. The molecule has 0 aliphatic rings. The van der Waals surface area contributed by atoms with E-state index in [9.17, 15) is 9.36 Å². The van der Waals surface area contributed by atoms with Crippen LogP contribution in [0, 0.1) is 11.3 Å². The summed E-state index contributed by atoms with van der Waals surface area (Å²) in [5.41, 5.74) is 0.445. The number of aromatic nitrogens is 4. The van der Waals surface area contributed by atoms with Gasteiger partial charge in [0.1, 0.15) is 0 Å². The first-order valence-electron chi connectivity index (χ1n) is 6.93. The molecule has 0 radical (unpaired) electrons. The number of rotatable bonds is 8. The van der Waals surface area contributed by atoms with Gasteiger partial charge >= 0.3 is 7.60 Å². The van der Waals surface area contributed by atoms with Gasteiger partial charge in [0, 0.05) is 19.6 Å². The lowest BCUT2D eigenvalue weighted by molar-refractivity contribution is 0.298. The average Bonchev–Trinajstić information content (AvgIpc) is 2.89. The highest BCUT2D eigenvalue weighted by Gasteiger charge is 2.15. The summed E-state index contributed by atoms with van der Waals surface area (Å²) in [5, 5.41) is 8.77. The van der Waals surface area contributed by atoms with Crippen molar-refractivity contribution in [3.05, 3.63) is 23.0 Å². The Bertz CT molecular complexity index is 804. The number of aromatic amines is 1. The normalized spacial score (nSPS) is 11.9. The summed E-state index contributed by atoms with van der Waals surface area (Å²) >= 11 is 0. The fourth-order valence-electron chi connectivity index (χ4n) is 2.16. The molecule has 0 saturated carbocycles. The Kier molecular flexibility index (Phi) is 5.63. The molecule has 0 amide bonds. The molecule has 0 spiro atoms. The summed E-state index contributed by atoms with van der Waals surface area (Å²) in [6.07, 6.45) is 3.18. The largest absolute Gasteiger partial charge is 0.326 e. The first-order valence-corrected chi connectivity index (χ1v) is 8.73. The van der Waals surface area contributed by atoms with Crippen LogP contribution in [0.3, 0.4) is 0 Å². The lowest BCUT2D eigenvalue weighted by atomic mass is 10.3. The van der Waals surface area contributed by atoms with E-state index in [1.54, 1.807) is 9.47 Å². The zero-order chi connectivity index (χ0) is 16.9. The van der Waals surface area contributed by atoms with Gasteiger partial charge in [-0.2, -0.15) is 5.26 Å². The minimum atomic E-state index is -4.08. The van der Waals surface area contributed by atoms with Crippen molar-refractivity contribution in [3.63, 3.8) is 0 Å². The first kappa shape index (κ1) is 17.3. The highest BCUT2D eigenvalue weighted by atomic mass is 31.2. The van der Waals surface area contributed by atoms with Crippen LogP contribution in [-0.4, -0.2) is 60.0 Å². The number of nitrogens with zero attached hydrogens (tertiary/aromatic N) is 5. The van der Waals surface area contributed by atoms with E-state index in [0.717, 1.165) is 0 Å². The second-order valence-electron chi connectivity index (χ2n) is 5.02. The second-order valence-corrected chi connectivity index (χ2v) is 6.79. The van der Waals surface area contributed by atoms with Crippen LogP contribution in [0.2, 0.25) is 0 Å². The maximum atomic E-state index is 11.5. The summed E-state index contributed by atoms with van der Waals surface area (Å²) < 4.78 is 12.6. The maximum Gasteiger partial charge on any atom is 0.326 e. The van der Waals surface area contributed by atoms with Gasteiger partial charge in [-0.3, -0.25) is 14.3 Å². The number of nitriles is 1. The standard InChI is InChI=1S/C12H17N6O4P/c13-2-5-17(6-7-23(20,21)22)3-1-4-18-9-16-10-11(18)14-8-15-12(10)19/h8-9H,1,3-7H2,(H,14,15,19)(H2,20,21,22). The van der Waals surface area contributed by atoms with Crippen LogP contribution < -0.4 is 5.56 Å². The van der Waals surface area contributed by atoms with E-state index in [1.807, 2.05) is 6.07 Å². The van der Waals surface area contributed by atoms with Crippen molar-refractivity contribution in [2.45, 2.75) is 13.0 Å². The minimum absolute atomic E-state index is 0.0998. The molecule has 23 heavy (non-hydrogen) atoms. The molecule has 2 aromatic rings. The lowest BCUT2D eigenvalue weighted by Crippen LogP contribution is -2.29. The smallest absolute Gasteiger partial charge is 0.324 e. The Morgan fingerprint density at radius 2 is 2.17 bits per heavy atom. The molecule has 0 aromatic carbocycles. The Hall–Kier alpha value is -2.05. The average molecular weight is 340 g/mol. The summed E-state index contributed by atoms with van der Waals surface area (Å²) in [5.74, 6) is 0. The lowest BCUT2D eigenvalue weighted by Gasteiger charge is -2.19. The van der Waals surface area contributed by atoms with Gasteiger partial charge in [-0.1, -0.05) is 0 Å². The van der Waals surface area contributed by atoms with Gasteiger partial charge < -0.3 is 19.3 Å². The molecule has 0 aliphatic heterocycles. The van der Waals surface area contributed by atoms with E-state index >= 15 is 0 Å². The zero-order valence-corrected chi connectivity index (χ0v) is 13.2. The van der Waals surface area contributed by atoms with Crippen LogP contribution >= 0.6 is 7.60 Å². The summed E-state index contributed by atoms with van der Waals surface area (Å²) in [6.45, 7) is 1.28. The maximum absolute atomic E-state index is 11.5. The van der Waals surface area contributed by atoms with Gasteiger partial charge in [0.2, 0.25) is 0 Å². The van der Waals surface area contributed by atoms with Gasteiger partial charge in [-0.15, -0.1) is 0 Å². The summed E-state index contributed by atoms with van der Waals surface area (Å²) in [7, 11) is -4.08. The van der Waals surface area contributed by atoms with Crippen molar-refractivity contribution < 1.29 is 14.4 Å². The third-order valence-corrected chi connectivity index (χ3v) is 4.07. The number of aryl methyl sites for hydroxylation is 1. The van der Waals surface area contributed by atoms with Gasteiger partial charge in [-0.05, 0) is 6.42 Å². The van der Waals surface area contributed by atoms with E-state index in [-0.39, 0.29) is 30.3 Å². The fourth-order valence-corrected chi connectivity index (χ4v) is 2.71. The second kappa shape index (κ2) is 7.48. The van der Waals surface area contributed by atoms with Crippen molar-refractivity contribution in [2.24, 2.45) is 0 Å². The van der Waals surface area contributed by atoms with Crippen molar-refractivity contribution in [1.29, 1.82) is 5.26 Å². The van der Waals surface area contributed by atoms with Crippen molar-refractivity contribution in [3.8, 4) is 6.07 Å². The molecule has 11 heteroatoms. The number of imidazole rings is 1. The fraction of sp³-hybridized carbons (Fsp3) is 0.500. The van der Waals surface area contributed by atoms with E-state index in [0.29, 0.717) is 25.2 Å². The minimum Gasteiger partial charge on any atom is -0.324 e. The van der Waals surface area contributed by atoms with E-state index in [1.165, 1.54) is 12.7 Å². The van der Waals surface area contributed by atoms with Crippen molar-refractivity contribution in [2.75, 3.05) is 25.8 Å². The molecular weight excluding hydrogens is 323 g/mol. The molecule has 3 N–H and O–H groups in total. The van der Waals surface area contributed by atoms with E-state index in [4.69, 9.17) is 15.0 Å². The third-order valence-electron chi connectivity index (χ3n) is 3.28. The SMILES string of the molecule is N#CCN(CCCn1cnc2c(=O)[nH]cnc21)CCP(=O)(O)O. The van der Waals surface area contributed by atoms with Crippen LogP contribution in [0.5, 0.6) is 0 Å². The highest BCUT2D eigenvalue weighted by Crippen LogP contribution is 2.33. The molecule has 0 saturated heterocycles. The summed E-state index contributed by atoms with van der Waals surface area (Å²) in [4.78, 5) is 41.6. The molecule has 0 fully saturated rings. The number of H-pyrrole nitrogens is 1. The van der Waals surface area contributed by atoms with Crippen molar-refractivity contribution in [1.82, 2.24) is 24.4 Å². The number of nitrogens with one attached hydrogen (secondary N) is 1. The highest BCUT2D eigenvalue weighted by molar-refractivity contribution is 7.51. The predicted octanol–water partition coefficient (Wildman–Crippen LogP) is -0.487. The van der Waals surface area contributed by atoms with Crippen LogP contribution in [0.4, 0.5) is 0 Å². The van der Waals surface area contributed by atoms with Gasteiger partial charge in [0.15, 0.2) is 11.2 Å². The summed E-state index contributed by atoms with van der Waals surface area (Å²) in [6, 6.07) is 1.98. The molecule has 2 heterocycles. The predicted molar refractivity (Wildman–Crippen MR) is 81.7 cm³/mol. The van der Waals surface area contributed by atoms with Crippen LogP contribution in [0.1, 0.15) is 6.42 Å². The molecule has 0 bridgehead atoms. The molecule has 2 aromatic heterocycles. The molecule has 0 atom stereocenters. The van der Waals surface area contributed by atoms with Gasteiger partial charge in [-0.25, -0.2) is 9.97 Å². The van der Waals surface area contributed by atoms with E-state index in [2.05, 4.69) is 15.0 Å². The Morgan fingerprint density at radius 1 is 1.39 bits per heavy atom. The Labute approximate surface area is 131 Å².